The fourth-order valence-electron chi connectivity index (χ4n) is 2.01. The second kappa shape index (κ2) is 5.46. The van der Waals surface area contributed by atoms with E-state index in [1.165, 1.54) is 0 Å². The highest BCUT2D eigenvalue weighted by Crippen LogP contribution is 2.23. The molecule has 0 aliphatic rings. The van der Waals surface area contributed by atoms with Crippen LogP contribution in [0.2, 0.25) is 5.02 Å². The largest absolute Gasteiger partial charge is 0.495 e. The first-order chi connectivity index (χ1) is 10.2. The first-order valence-corrected chi connectivity index (χ1v) is 6.64. The Bertz CT molecular complexity index is 814. The van der Waals surface area contributed by atoms with Crippen LogP contribution in [0.3, 0.4) is 0 Å². The van der Waals surface area contributed by atoms with Crippen molar-refractivity contribution >= 4 is 28.8 Å². The second-order valence-corrected chi connectivity index (χ2v) is 4.83. The van der Waals surface area contributed by atoms with Gasteiger partial charge < -0.3 is 14.5 Å². The smallest absolute Gasteiger partial charge is 0.275 e. The van der Waals surface area contributed by atoms with Crippen molar-refractivity contribution < 1.29 is 9.53 Å². The molecule has 3 rings (SSSR count). The molecule has 2 aromatic heterocycles. The number of hydrogen-bond donors (Lipinski definition) is 1. The van der Waals surface area contributed by atoms with Gasteiger partial charge in [-0.1, -0.05) is 23.7 Å². The van der Waals surface area contributed by atoms with Crippen molar-refractivity contribution in [2.24, 2.45) is 0 Å². The molecule has 0 unspecified atom stereocenters. The van der Waals surface area contributed by atoms with Gasteiger partial charge >= 0.3 is 0 Å². The van der Waals surface area contributed by atoms with Crippen molar-refractivity contribution in [3.05, 3.63) is 59.5 Å². The van der Waals surface area contributed by atoms with Gasteiger partial charge in [0.05, 0.1) is 17.8 Å². The number of imidazole rings is 1. The zero-order chi connectivity index (χ0) is 14.8. The fourth-order valence-corrected chi connectivity index (χ4v) is 2.18. The summed E-state index contributed by atoms with van der Waals surface area (Å²) in [5.74, 6) is 0.289. The number of pyridine rings is 1. The van der Waals surface area contributed by atoms with Gasteiger partial charge in [-0.25, -0.2) is 4.98 Å². The maximum atomic E-state index is 12.3. The zero-order valence-electron chi connectivity index (χ0n) is 11.2. The lowest BCUT2D eigenvalue weighted by molar-refractivity contribution is 0.102. The number of para-hydroxylation sites is 2. The normalized spacial score (nSPS) is 10.6. The van der Waals surface area contributed by atoms with E-state index >= 15 is 0 Å². The number of hydrogen-bond acceptors (Lipinski definition) is 3. The number of benzene rings is 1. The summed E-state index contributed by atoms with van der Waals surface area (Å²) in [5.41, 5.74) is 1.56. The summed E-state index contributed by atoms with van der Waals surface area (Å²) in [5, 5.41) is 3.36. The number of nitrogens with one attached hydrogen (secondary N) is 1. The van der Waals surface area contributed by atoms with E-state index < -0.39 is 0 Å². The molecule has 2 heterocycles. The highest BCUT2D eigenvalue weighted by Gasteiger charge is 2.13. The summed E-state index contributed by atoms with van der Waals surface area (Å²) in [4.78, 5) is 16.5. The van der Waals surface area contributed by atoms with Crippen LogP contribution in [0.25, 0.3) is 5.65 Å². The minimum atomic E-state index is -0.306. The summed E-state index contributed by atoms with van der Waals surface area (Å²) in [6, 6.07) is 10.7. The standard InChI is InChI=1S/C15H12ClN3O2/c1-21-13-5-3-2-4-11(13)18-15(20)12-9-19-8-10(16)6-7-14(19)17-12/h2-9H,1H3,(H,18,20). The topological polar surface area (TPSA) is 55.6 Å². The summed E-state index contributed by atoms with van der Waals surface area (Å²) >= 11 is 5.91. The van der Waals surface area contributed by atoms with Gasteiger partial charge in [-0.2, -0.15) is 0 Å². The van der Waals surface area contributed by atoms with Crippen LogP contribution in [0, 0.1) is 0 Å². The Morgan fingerprint density at radius 1 is 1.24 bits per heavy atom. The fraction of sp³-hybridized carbons (Fsp3) is 0.0667. The van der Waals surface area contributed by atoms with Crippen LogP contribution in [0.15, 0.2) is 48.8 Å². The van der Waals surface area contributed by atoms with Crippen molar-refractivity contribution in [1.29, 1.82) is 0 Å². The van der Waals surface area contributed by atoms with Crippen molar-refractivity contribution in [2.75, 3.05) is 12.4 Å². The van der Waals surface area contributed by atoms with Crippen LogP contribution < -0.4 is 10.1 Å². The molecule has 21 heavy (non-hydrogen) atoms. The number of anilines is 1. The van der Waals surface area contributed by atoms with Crippen LogP contribution in [-0.4, -0.2) is 22.4 Å². The first kappa shape index (κ1) is 13.5. The van der Waals surface area contributed by atoms with Crippen molar-refractivity contribution in [3.63, 3.8) is 0 Å². The van der Waals surface area contributed by atoms with Crippen molar-refractivity contribution in [3.8, 4) is 5.75 Å². The number of nitrogens with zero attached hydrogens (tertiary/aromatic N) is 2. The van der Waals surface area contributed by atoms with Crippen LogP contribution in [0.4, 0.5) is 5.69 Å². The number of aromatic nitrogens is 2. The summed E-state index contributed by atoms with van der Waals surface area (Å²) in [7, 11) is 1.55. The molecule has 6 heteroatoms. The number of rotatable bonds is 3. The van der Waals surface area contributed by atoms with Gasteiger partial charge in [0.2, 0.25) is 0 Å². The van der Waals surface area contributed by atoms with E-state index in [2.05, 4.69) is 10.3 Å². The van der Waals surface area contributed by atoms with Gasteiger partial charge in [0.1, 0.15) is 17.1 Å². The predicted molar refractivity (Wildman–Crippen MR) is 81.1 cm³/mol. The summed E-state index contributed by atoms with van der Waals surface area (Å²) in [6.07, 6.45) is 3.33. The highest BCUT2D eigenvalue weighted by atomic mass is 35.5. The molecule has 0 aliphatic carbocycles. The van der Waals surface area contributed by atoms with Gasteiger partial charge in [-0.3, -0.25) is 4.79 Å². The average Bonchev–Trinajstić information content (AvgIpc) is 2.91. The lowest BCUT2D eigenvalue weighted by Crippen LogP contribution is -2.12. The van der Waals surface area contributed by atoms with Gasteiger partial charge in [0.15, 0.2) is 0 Å². The van der Waals surface area contributed by atoms with Gasteiger partial charge in [0, 0.05) is 12.4 Å². The molecule has 0 aliphatic heterocycles. The van der Waals surface area contributed by atoms with E-state index in [0.29, 0.717) is 27.8 Å². The highest BCUT2D eigenvalue weighted by molar-refractivity contribution is 6.30. The van der Waals surface area contributed by atoms with Gasteiger partial charge in [-0.05, 0) is 24.3 Å². The molecular weight excluding hydrogens is 290 g/mol. The molecule has 0 atom stereocenters. The summed E-state index contributed by atoms with van der Waals surface area (Å²) < 4.78 is 6.91. The van der Waals surface area contributed by atoms with Crippen LogP contribution >= 0.6 is 11.6 Å². The van der Waals surface area contributed by atoms with Gasteiger partial charge in [-0.15, -0.1) is 0 Å². The van der Waals surface area contributed by atoms with Gasteiger partial charge in [0.25, 0.3) is 5.91 Å². The number of ether oxygens (including phenoxy) is 1. The van der Waals surface area contributed by atoms with E-state index in [1.807, 2.05) is 12.1 Å². The number of amides is 1. The number of halogens is 1. The monoisotopic (exact) mass is 301 g/mol. The molecule has 1 aromatic carbocycles. The molecule has 1 amide bonds. The molecule has 3 aromatic rings. The second-order valence-electron chi connectivity index (χ2n) is 4.39. The number of fused-ring (bicyclic) bond motifs is 1. The van der Waals surface area contributed by atoms with E-state index in [0.717, 1.165) is 0 Å². The Kier molecular flexibility index (Phi) is 3.50. The van der Waals surface area contributed by atoms with E-state index in [1.54, 1.807) is 48.2 Å². The first-order valence-electron chi connectivity index (χ1n) is 6.26. The average molecular weight is 302 g/mol. The quantitative estimate of drug-likeness (QED) is 0.808. The van der Waals surface area contributed by atoms with Crippen LogP contribution in [-0.2, 0) is 0 Å². The Balaban J connectivity index is 1.90. The lowest BCUT2D eigenvalue weighted by atomic mass is 10.3. The Hall–Kier alpha value is -2.53. The third-order valence-corrected chi connectivity index (χ3v) is 3.23. The molecule has 0 saturated carbocycles. The van der Waals surface area contributed by atoms with Crippen molar-refractivity contribution in [2.45, 2.75) is 0 Å². The molecule has 0 spiro atoms. The Morgan fingerprint density at radius 3 is 2.86 bits per heavy atom. The van der Waals surface area contributed by atoms with E-state index in [-0.39, 0.29) is 5.91 Å². The maximum absolute atomic E-state index is 12.3. The van der Waals surface area contributed by atoms with Crippen LogP contribution in [0.5, 0.6) is 5.75 Å². The predicted octanol–water partition coefficient (Wildman–Crippen LogP) is 3.25. The molecule has 106 valence electrons. The zero-order valence-corrected chi connectivity index (χ0v) is 12.0. The number of carbonyl (C=O) groups excluding carboxylic acids is 1. The third kappa shape index (κ3) is 2.68. The minimum Gasteiger partial charge on any atom is -0.495 e. The molecule has 0 bridgehead atoms. The number of carbonyl (C=O) groups is 1. The minimum absolute atomic E-state index is 0.306. The lowest BCUT2D eigenvalue weighted by Gasteiger charge is -2.08. The summed E-state index contributed by atoms with van der Waals surface area (Å²) in [6.45, 7) is 0. The van der Waals surface area contributed by atoms with Crippen molar-refractivity contribution in [1.82, 2.24) is 9.38 Å². The molecule has 5 nitrogen and oxygen atoms in total. The van der Waals surface area contributed by atoms with E-state index in [9.17, 15) is 4.79 Å². The molecule has 0 radical (unpaired) electrons. The number of methoxy groups -OCH3 is 1. The Morgan fingerprint density at radius 2 is 2.05 bits per heavy atom. The molecule has 1 N–H and O–H groups in total. The maximum Gasteiger partial charge on any atom is 0.275 e. The molecular formula is C15H12ClN3O2. The third-order valence-electron chi connectivity index (χ3n) is 3.00. The Labute approximate surface area is 126 Å². The molecule has 0 saturated heterocycles. The SMILES string of the molecule is COc1ccccc1NC(=O)c1cn2cc(Cl)ccc2n1. The van der Waals surface area contributed by atoms with E-state index in [4.69, 9.17) is 16.3 Å². The molecule has 0 fully saturated rings. The van der Waals surface area contributed by atoms with Crippen LogP contribution in [0.1, 0.15) is 10.5 Å².